The number of halogens is 1. The summed E-state index contributed by atoms with van der Waals surface area (Å²) < 4.78 is 18.3. The Morgan fingerprint density at radius 2 is 2.19 bits per heavy atom. The summed E-state index contributed by atoms with van der Waals surface area (Å²) in [6.45, 7) is 3.52. The molecular formula is C12H15FO3. The van der Waals surface area contributed by atoms with Crippen molar-refractivity contribution in [2.24, 2.45) is 0 Å². The predicted octanol–water partition coefficient (Wildman–Crippen LogP) is 2.72. The van der Waals surface area contributed by atoms with E-state index in [2.05, 4.69) is 0 Å². The van der Waals surface area contributed by atoms with Gasteiger partial charge in [0.15, 0.2) is 11.6 Å². The van der Waals surface area contributed by atoms with E-state index in [4.69, 9.17) is 9.84 Å². The number of carbonyl (C=O) groups is 1. The molecule has 0 aliphatic heterocycles. The summed E-state index contributed by atoms with van der Waals surface area (Å²) in [5, 5.41) is 9.01. The summed E-state index contributed by atoms with van der Waals surface area (Å²) in [4.78, 5) is 11.0. The second kappa shape index (κ2) is 4.96. The van der Waals surface area contributed by atoms with Crippen LogP contribution in [0.5, 0.6) is 5.75 Å². The zero-order valence-corrected chi connectivity index (χ0v) is 9.58. The number of aliphatic carboxylic acids is 1. The molecule has 0 radical (unpaired) electrons. The van der Waals surface area contributed by atoms with Gasteiger partial charge in [-0.1, -0.05) is 6.92 Å². The third-order valence-corrected chi connectivity index (χ3v) is 2.62. The minimum Gasteiger partial charge on any atom is -0.494 e. The van der Waals surface area contributed by atoms with Crippen molar-refractivity contribution in [1.82, 2.24) is 0 Å². The minimum atomic E-state index is -0.935. The molecular weight excluding hydrogens is 211 g/mol. The van der Waals surface area contributed by atoms with Crippen molar-refractivity contribution in [2.45, 2.75) is 26.2 Å². The third-order valence-electron chi connectivity index (χ3n) is 2.62. The van der Waals surface area contributed by atoms with Gasteiger partial charge in [-0.2, -0.15) is 0 Å². The zero-order valence-electron chi connectivity index (χ0n) is 9.58. The van der Waals surface area contributed by atoms with Crippen LogP contribution in [0.3, 0.4) is 0 Å². The Bertz CT molecular complexity index is 401. The Balaban J connectivity index is 3.24. The largest absolute Gasteiger partial charge is 0.494 e. The number of carboxylic acid groups (broad SMARTS) is 1. The summed E-state index contributed by atoms with van der Waals surface area (Å²) in [6, 6.07) is 2.77. The van der Waals surface area contributed by atoms with Gasteiger partial charge >= 0.3 is 5.97 Å². The lowest BCUT2D eigenvalue weighted by atomic mass is 9.92. The molecule has 0 saturated carbocycles. The van der Waals surface area contributed by atoms with Crippen LogP contribution in [0.15, 0.2) is 12.1 Å². The molecule has 16 heavy (non-hydrogen) atoms. The van der Waals surface area contributed by atoms with E-state index in [0.29, 0.717) is 12.0 Å². The molecule has 0 bridgehead atoms. The van der Waals surface area contributed by atoms with E-state index in [-0.39, 0.29) is 5.75 Å². The molecule has 0 saturated heterocycles. The monoisotopic (exact) mass is 226 g/mol. The number of methoxy groups -OCH3 is 1. The van der Waals surface area contributed by atoms with Gasteiger partial charge in [-0.3, -0.25) is 4.79 Å². The highest BCUT2D eigenvalue weighted by atomic mass is 19.1. The molecule has 1 rings (SSSR count). The second-order valence-corrected chi connectivity index (χ2v) is 3.64. The maximum Gasteiger partial charge on any atom is 0.310 e. The minimum absolute atomic E-state index is 0.140. The first-order valence-corrected chi connectivity index (χ1v) is 5.08. The maximum atomic E-state index is 13.5. The standard InChI is InChI=1S/C12H15FO3/c1-4-8(12(14)15)9-6-10(13)11(16-3)5-7(9)2/h5-6,8H,4H2,1-3H3,(H,14,15). The topological polar surface area (TPSA) is 46.5 Å². The van der Waals surface area contributed by atoms with E-state index in [1.54, 1.807) is 13.8 Å². The normalized spacial score (nSPS) is 12.2. The van der Waals surface area contributed by atoms with Crippen molar-refractivity contribution >= 4 is 5.97 Å². The summed E-state index contributed by atoms with van der Waals surface area (Å²) in [6.07, 6.45) is 0.432. The molecule has 1 aromatic carbocycles. The number of carboxylic acids is 1. The lowest BCUT2D eigenvalue weighted by Gasteiger charge is -2.14. The van der Waals surface area contributed by atoms with Gasteiger partial charge in [0.1, 0.15) is 0 Å². The first-order valence-electron chi connectivity index (χ1n) is 5.08. The fourth-order valence-electron chi connectivity index (χ4n) is 1.73. The molecule has 0 aliphatic rings. The van der Waals surface area contributed by atoms with E-state index < -0.39 is 17.7 Å². The maximum absolute atomic E-state index is 13.5. The second-order valence-electron chi connectivity index (χ2n) is 3.64. The molecule has 4 heteroatoms. The van der Waals surface area contributed by atoms with Crippen LogP contribution in [-0.4, -0.2) is 18.2 Å². The number of rotatable bonds is 4. The van der Waals surface area contributed by atoms with Crippen molar-refractivity contribution in [3.63, 3.8) is 0 Å². The van der Waals surface area contributed by atoms with E-state index in [0.717, 1.165) is 5.56 Å². The van der Waals surface area contributed by atoms with Gasteiger partial charge in [-0.25, -0.2) is 4.39 Å². The Hall–Kier alpha value is -1.58. The number of hydrogen-bond donors (Lipinski definition) is 1. The first-order chi connectivity index (χ1) is 7.51. The van der Waals surface area contributed by atoms with E-state index in [1.165, 1.54) is 19.2 Å². The highest BCUT2D eigenvalue weighted by molar-refractivity contribution is 5.76. The van der Waals surface area contributed by atoms with Gasteiger partial charge in [-0.05, 0) is 36.6 Å². The number of benzene rings is 1. The Morgan fingerprint density at radius 1 is 1.56 bits per heavy atom. The van der Waals surface area contributed by atoms with E-state index in [9.17, 15) is 9.18 Å². The predicted molar refractivity (Wildman–Crippen MR) is 58.4 cm³/mol. The summed E-state index contributed by atoms with van der Waals surface area (Å²) >= 11 is 0. The van der Waals surface area contributed by atoms with Crippen molar-refractivity contribution < 1.29 is 19.0 Å². The third kappa shape index (κ3) is 2.32. The average molecular weight is 226 g/mol. The van der Waals surface area contributed by atoms with E-state index >= 15 is 0 Å². The van der Waals surface area contributed by atoms with Crippen LogP contribution < -0.4 is 4.74 Å². The smallest absolute Gasteiger partial charge is 0.310 e. The quantitative estimate of drug-likeness (QED) is 0.858. The number of hydrogen-bond acceptors (Lipinski definition) is 2. The number of ether oxygens (including phenoxy) is 1. The van der Waals surface area contributed by atoms with Crippen molar-refractivity contribution in [3.8, 4) is 5.75 Å². The van der Waals surface area contributed by atoms with Crippen LogP contribution in [0, 0.1) is 12.7 Å². The van der Waals surface area contributed by atoms with Crippen LogP contribution in [0.4, 0.5) is 4.39 Å². The summed E-state index contributed by atoms with van der Waals surface area (Å²) in [5.74, 6) is -1.99. The van der Waals surface area contributed by atoms with Gasteiger partial charge in [-0.15, -0.1) is 0 Å². The van der Waals surface area contributed by atoms with Crippen LogP contribution in [0.2, 0.25) is 0 Å². The van der Waals surface area contributed by atoms with Crippen molar-refractivity contribution in [1.29, 1.82) is 0 Å². The SMILES string of the molecule is CCC(C(=O)O)c1cc(F)c(OC)cc1C. The highest BCUT2D eigenvalue weighted by Crippen LogP contribution is 2.28. The molecule has 1 N–H and O–H groups in total. The molecule has 1 unspecified atom stereocenters. The van der Waals surface area contributed by atoms with Gasteiger partial charge in [0, 0.05) is 0 Å². The highest BCUT2D eigenvalue weighted by Gasteiger charge is 2.21. The Kier molecular flexibility index (Phi) is 3.88. The molecule has 0 amide bonds. The molecule has 1 aromatic rings. The van der Waals surface area contributed by atoms with E-state index in [1.807, 2.05) is 0 Å². The first kappa shape index (κ1) is 12.5. The molecule has 0 aliphatic carbocycles. The fraction of sp³-hybridized carbons (Fsp3) is 0.417. The summed E-state index contributed by atoms with van der Waals surface area (Å²) in [7, 11) is 1.38. The zero-order chi connectivity index (χ0) is 12.3. The lowest BCUT2D eigenvalue weighted by Crippen LogP contribution is -2.12. The van der Waals surface area contributed by atoms with Gasteiger partial charge < -0.3 is 9.84 Å². The summed E-state index contributed by atoms with van der Waals surface area (Å²) in [5.41, 5.74) is 1.24. The van der Waals surface area contributed by atoms with Crippen LogP contribution >= 0.6 is 0 Å². The molecule has 0 aromatic heterocycles. The van der Waals surface area contributed by atoms with Gasteiger partial charge in [0.05, 0.1) is 13.0 Å². The lowest BCUT2D eigenvalue weighted by molar-refractivity contribution is -0.138. The van der Waals surface area contributed by atoms with Gasteiger partial charge in [0.25, 0.3) is 0 Å². The fourth-order valence-corrected chi connectivity index (χ4v) is 1.73. The Labute approximate surface area is 93.9 Å². The molecule has 0 heterocycles. The average Bonchev–Trinajstić information content (AvgIpc) is 2.23. The van der Waals surface area contributed by atoms with Gasteiger partial charge in [0.2, 0.25) is 0 Å². The van der Waals surface area contributed by atoms with Crippen LogP contribution in [-0.2, 0) is 4.79 Å². The van der Waals surface area contributed by atoms with Crippen LogP contribution in [0.1, 0.15) is 30.4 Å². The molecule has 1 atom stereocenters. The molecule has 3 nitrogen and oxygen atoms in total. The molecule has 88 valence electrons. The Morgan fingerprint density at radius 3 is 2.62 bits per heavy atom. The molecule has 0 fully saturated rings. The number of aryl methyl sites for hydroxylation is 1. The van der Waals surface area contributed by atoms with Crippen molar-refractivity contribution in [2.75, 3.05) is 7.11 Å². The van der Waals surface area contributed by atoms with Crippen molar-refractivity contribution in [3.05, 3.63) is 29.1 Å². The van der Waals surface area contributed by atoms with Crippen LogP contribution in [0.25, 0.3) is 0 Å². The molecule has 0 spiro atoms.